The van der Waals surface area contributed by atoms with Gasteiger partial charge in [-0.1, -0.05) is 29.8 Å². The van der Waals surface area contributed by atoms with Crippen LogP contribution in [0.2, 0.25) is 0 Å². The Labute approximate surface area is 68.2 Å². The van der Waals surface area contributed by atoms with Crippen molar-refractivity contribution >= 4 is 15.9 Å². The van der Waals surface area contributed by atoms with Gasteiger partial charge >= 0.3 is 0 Å². The highest BCUT2D eigenvalue weighted by Gasteiger charge is 2.01. The van der Waals surface area contributed by atoms with E-state index in [9.17, 15) is 4.39 Å². The molecule has 0 aliphatic carbocycles. The van der Waals surface area contributed by atoms with Crippen LogP contribution in [0, 0.1) is 6.92 Å². The van der Waals surface area contributed by atoms with E-state index < -0.39 is 5.08 Å². The summed E-state index contributed by atoms with van der Waals surface area (Å²) in [6, 6.07) is 7.33. The number of alkyl halides is 2. The Balaban J connectivity index is 2.89. The van der Waals surface area contributed by atoms with Crippen LogP contribution in [0.25, 0.3) is 0 Å². The molecule has 2 heteroatoms. The van der Waals surface area contributed by atoms with E-state index in [-0.39, 0.29) is 0 Å². The van der Waals surface area contributed by atoms with E-state index in [1.54, 1.807) is 12.1 Å². The molecule has 0 spiro atoms. The molecule has 1 aromatic carbocycles. The number of hydrogen-bond donors (Lipinski definition) is 0. The highest BCUT2D eigenvalue weighted by Crippen LogP contribution is 2.23. The summed E-state index contributed by atoms with van der Waals surface area (Å²) in [5.74, 6) is 0. The Hall–Kier alpha value is -0.370. The summed E-state index contributed by atoms with van der Waals surface area (Å²) in [4.78, 5) is 0. The molecule has 0 fully saturated rings. The first-order valence-corrected chi connectivity index (χ1v) is 3.96. The molecular formula is C8H8BrF. The van der Waals surface area contributed by atoms with Crippen molar-refractivity contribution in [1.82, 2.24) is 0 Å². The maximum atomic E-state index is 12.5. The number of halogens is 2. The first-order valence-electron chi connectivity index (χ1n) is 3.05. The third-order valence-electron chi connectivity index (χ3n) is 1.33. The van der Waals surface area contributed by atoms with Crippen LogP contribution in [0.4, 0.5) is 4.39 Å². The van der Waals surface area contributed by atoms with Gasteiger partial charge in [-0.3, -0.25) is 0 Å². The molecule has 1 atom stereocenters. The molecule has 1 aromatic rings. The lowest BCUT2D eigenvalue weighted by atomic mass is 10.2. The largest absolute Gasteiger partial charge is 0.230 e. The zero-order chi connectivity index (χ0) is 7.56. The molecule has 0 aliphatic rings. The summed E-state index contributed by atoms with van der Waals surface area (Å²) in [7, 11) is 0. The maximum absolute atomic E-state index is 12.5. The molecule has 0 aromatic heterocycles. The molecule has 1 unspecified atom stereocenters. The summed E-state index contributed by atoms with van der Waals surface area (Å²) < 4.78 is 12.5. The Kier molecular flexibility index (Phi) is 2.44. The molecular weight excluding hydrogens is 195 g/mol. The summed E-state index contributed by atoms with van der Waals surface area (Å²) in [5.41, 5.74) is 1.82. The second kappa shape index (κ2) is 3.15. The lowest BCUT2D eigenvalue weighted by Crippen LogP contribution is -1.80. The Morgan fingerprint density at radius 3 is 2.20 bits per heavy atom. The zero-order valence-corrected chi connectivity index (χ0v) is 7.23. The van der Waals surface area contributed by atoms with Crippen molar-refractivity contribution in [3.8, 4) is 0 Å². The van der Waals surface area contributed by atoms with Gasteiger partial charge in [-0.05, 0) is 28.4 Å². The molecule has 0 saturated heterocycles. The standard InChI is InChI=1S/C8H8BrF/c1-6-2-4-7(5-3-6)8(9)10/h2-5,8H,1H3. The van der Waals surface area contributed by atoms with Gasteiger partial charge in [-0.15, -0.1) is 0 Å². The fourth-order valence-electron chi connectivity index (χ4n) is 0.712. The first-order chi connectivity index (χ1) is 4.70. The fraction of sp³-hybridized carbons (Fsp3) is 0.250. The summed E-state index contributed by atoms with van der Waals surface area (Å²) in [5, 5.41) is -1.03. The predicted octanol–water partition coefficient (Wildman–Crippen LogP) is 3.36. The lowest BCUT2D eigenvalue weighted by Gasteiger charge is -1.99. The van der Waals surface area contributed by atoms with Crippen LogP contribution in [-0.4, -0.2) is 0 Å². The molecule has 0 heterocycles. The minimum atomic E-state index is -1.03. The minimum absolute atomic E-state index is 0.672. The van der Waals surface area contributed by atoms with Gasteiger partial charge < -0.3 is 0 Å². The number of aryl methyl sites for hydroxylation is 1. The van der Waals surface area contributed by atoms with E-state index in [1.165, 1.54) is 0 Å². The highest BCUT2D eigenvalue weighted by atomic mass is 79.9. The molecule has 0 amide bonds. The lowest BCUT2D eigenvalue weighted by molar-refractivity contribution is 0.479. The third-order valence-corrected chi connectivity index (χ3v) is 1.86. The van der Waals surface area contributed by atoms with Crippen LogP contribution >= 0.6 is 15.9 Å². The van der Waals surface area contributed by atoms with E-state index in [1.807, 2.05) is 19.1 Å². The van der Waals surface area contributed by atoms with Crippen LogP contribution in [0.15, 0.2) is 24.3 Å². The van der Waals surface area contributed by atoms with Gasteiger partial charge in [-0.25, -0.2) is 4.39 Å². The van der Waals surface area contributed by atoms with Crippen LogP contribution in [0.3, 0.4) is 0 Å². The van der Waals surface area contributed by atoms with Crippen molar-refractivity contribution in [3.05, 3.63) is 35.4 Å². The Morgan fingerprint density at radius 1 is 1.30 bits per heavy atom. The van der Waals surface area contributed by atoms with Gasteiger partial charge in [0.2, 0.25) is 0 Å². The molecule has 0 aliphatic heterocycles. The SMILES string of the molecule is Cc1ccc(C(F)Br)cc1. The van der Waals surface area contributed by atoms with E-state index in [0.717, 1.165) is 5.56 Å². The average Bonchev–Trinajstić information content (AvgIpc) is 1.88. The highest BCUT2D eigenvalue weighted by molar-refractivity contribution is 9.09. The van der Waals surface area contributed by atoms with Crippen molar-refractivity contribution in [3.63, 3.8) is 0 Å². The summed E-state index contributed by atoms with van der Waals surface area (Å²) in [6.07, 6.45) is 0. The van der Waals surface area contributed by atoms with Crippen molar-refractivity contribution in [2.24, 2.45) is 0 Å². The minimum Gasteiger partial charge on any atom is -0.230 e. The van der Waals surface area contributed by atoms with E-state index in [4.69, 9.17) is 0 Å². The van der Waals surface area contributed by atoms with Crippen LogP contribution in [-0.2, 0) is 0 Å². The van der Waals surface area contributed by atoms with Gasteiger partial charge in [0.1, 0.15) is 0 Å². The molecule has 0 radical (unpaired) electrons. The smallest absolute Gasteiger partial charge is 0.180 e. The quantitative estimate of drug-likeness (QED) is 0.614. The third kappa shape index (κ3) is 1.81. The van der Waals surface area contributed by atoms with Gasteiger partial charge in [0.25, 0.3) is 0 Å². The monoisotopic (exact) mass is 202 g/mol. The normalized spacial score (nSPS) is 13.1. The molecule has 0 bridgehead atoms. The van der Waals surface area contributed by atoms with Crippen LogP contribution in [0.1, 0.15) is 16.2 Å². The molecule has 1 rings (SSSR count). The van der Waals surface area contributed by atoms with Crippen molar-refractivity contribution < 1.29 is 4.39 Å². The average molecular weight is 203 g/mol. The van der Waals surface area contributed by atoms with Gasteiger partial charge in [0, 0.05) is 0 Å². The number of rotatable bonds is 1. The van der Waals surface area contributed by atoms with Gasteiger partial charge in [0.05, 0.1) is 0 Å². The Bertz CT molecular complexity index is 203. The second-order valence-corrected chi connectivity index (χ2v) is 3.02. The second-order valence-electron chi connectivity index (χ2n) is 2.21. The molecule has 0 N–H and O–H groups in total. The van der Waals surface area contributed by atoms with Crippen LogP contribution < -0.4 is 0 Å². The summed E-state index contributed by atoms with van der Waals surface area (Å²) in [6.45, 7) is 1.98. The Morgan fingerprint density at radius 2 is 1.80 bits per heavy atom. The molecule has 54 valence electrons. The zero-order valence-electron chi connectivity index (χ0n) is 5.64. The van der Waals surface area contributed by atoms with E-state index in [2.05, 4.69) is 15.9 Å². The molecule has 10 heavy (non-hydrogen) atoms. The van der Waals surface area contributed by atoms with Gasteiger partial charge in [-0.2, -0.15) is 0 Å². The van der Waals surface area contributed by atoms with Crippen LogP contribution in [0.5, 0.6) is 0 Å². The maximum Gasteiger partial charge on any atom is 0.180 e. The van der Waals surface area contributed by atoms with E-state index in [0.29, 0.717) is 5.56 Å². The van der Waals surface area contributed by atoms with Gasteiger partial charge in [0.15, 0.2) is 5.08 Å². The molecule has 0 saturated carbocycles. The number of hydrogen-bond acceptors (Lipinski definition) is 0. The van der Waals surface area contributed by atoms with Crippen molar-refractivity contribution in [2.75, 3.05) is 0 Å². The predicted molar refractivity (Wildman–Crippen MR) is 44.0 cm³/mol. The summed E-state index contributed by atoms with van der Waals surface area (Å²) >= 11 is 2.84. The van der Waals surface area contributed by atoms with Crippen molar-refractivity contribution in [2.45, 2.75) is 12.0 Å². The number of benzene rings is 1. The first kappa shape index (κ1) is 7.73. The topological polar surface area (TPSA) is 0 Å². The van der Waals surface area contributed by atoms with Crippen molar-refractivity contribution in [1.29, 1.82) is 0 Å². The van der Waals surface area contributed by atoms with E-state index >= 15 is 0 Å². The fourth-order valence-corrected chi connectivity index (χ4v) is 1.02. The molecule has 0 nitrogen and oxygen atoms in total.